The molecule has 0 aliphatic heterocycles. The molecule has 88 valence electrons. The van der Waals surface area contributed by atoms with Crippen molar-refractivity contribution in [1.29, 1.82) is 0 Å². The minimum absolute atomic E-state index is 0.0317. The molecule has 1 aromatic carbocycles. The fraction of sp³-hybridized carbons (Fsp3) is 0.167. The van der Waals surface area contributed by atoms with E-state index < -0.39 is 0 Å². The largest absolute Gasteiger partial charge is 0.328 e. The van der Waals surface area contributed by atoms with E-state index in [-0.39, 0.29) is 5.91 Å². The van der Waals surface area contributed by atoms with Crippen LogP contribution in [0.4, 0.5) is 5.69 Å². The molecule has 1 aromatic heterocycles. The van der Waals surface area contributed by atoms with Crippen molar-refractivity contribution in [2.45, 2.75) is 6.54 Å². The van der Waals surface area contributed by atoms with Gasteiger partial charge in [0.05, 0.1) is 6.33 Å². The number of rotatable bonds is 3. The molecule has 2 aromatic rings. The molecule has 0 aliphatic rings. The van der Waals surface area contributed by atoms with Gasteiger partial charge in [0.15, 0.2) is 0 Å². The summed E-state index contributed by atoms with van der Waals surface area (Å²) in [4.78, 5) is 17.5. The Labute approximate surface area is 113 Å². The van der Waals surface area contributed by atoms with Crippen molar-refractivity contribution in [3.05, 3.63) is 46.6 Å². The summed E-state index contributed by atoms with van der Waals surface area (Å²) < 4.78 is 2.91. The first-order valence-corrected chi connectivity index (χ1v) is 6.22. The van der Waals surface area contributed by atoms with Crippen LogP contribution in [0.1, 0.15) is 0 Å². The van der Waals surface area contributed by atoms with Crippen LogP contribution in [-0.4, -0.2) is 22.5 Å². The number of carbonyl (C=O) groups excluding carboxylic acids is 1. The third-order valence-electron chi connectivity index (χ3n) is 2.47. The molecule has 0 aliphatic carbocycles. The van der Waals surface area contributed by atoms with Crippen LogP contribution < -0.4 is 4.90 Å². The number of hydrogen-bond acceptors (Lipinski definition) is 2. The maximum Gasteiger partial charge on any atom is 0.246 e. The van der Waals surface area contributed by atoms with Gasteiger partial charge in [0.25, 0.3) is 0 Å². The van der Waals surface area contributed by atoms with Crippen LogP contribution in [0.3, 0.4) is 0 Å². The average molecular weight is 341 g/mol. The Morgan fingerprint density at radius 1 is 1.41 bits per heavy atom. The maximum atomic E-state index is 12.0. The Morgan fingerprint density at radius 3 is 2.71 bits per heavy atom. The number of likely N-dealkylation sites (N-methyl/N-ethyl adjacent to an activating group) is 1. The van der Waals surface area contributed by atoms with Gasteiger partial charge in [-0.2, -0.15) is 0 Å². The number of aromatic nitrogens is 2. The average Bonchev–Trinajstić information content (AvgIpc) is 2.82. The van der Waals surface area contributed by atoms with E-state index in [4.69, 9.17) is 0 Å². The van der Waals surface area contributed by atoms with Crippen LogP contribution in [0.25, 0.3) is 0 Å². The first-order valence-electron chi connectivity index (χ1n) is 5.14. The third kappa shape index (κ3) is 3.06. The molecular formula is C12H12IN3O. The second-order valence-electron chi connectivity index (χ2n) is 3.66. The molecule has 0 spiro atoms. The lowest BCUT2D eigenvalue weighted by Crippen LogP contribution is -2.29. The van der Waals surface area contributed by atoms with Crippen LogP contribution in [0, 0.1) is 3.57 Å². The lowest BCUT2D eigenvalue weighted by molar-refractivity contribution is -0.118. The number of halogens is 1. The summed E-state index contributed by atoms with van der Waals surface area (Å²) in [6.07, 6.45) is 5.08. The number of nitrogens with zero attached hydrogens (tertiary/aromatic N) is 3. The smallest absolute Gasteiger partial charge is 0.246 e. The molecule has 4 nitrogen and oxygen atoms in total. The number of anilines is 1. The van der Waals surface area contributed by atoms with Gasteiger partial charge in [0.1, 0.15) is 6.54 Å². The second-order valence-corrected chi connectivity index (χ2v) is 4.91. The molecule has 0 bridgehead atoms. The highest BCUT2D eigenvalue weighted by molar-refractivity contribution is 14.1. The van der Waals surface area contributed by atoms with Crippen molar-refractivity contribution in [3.8, 4) is 0 Å². The monoisotopic (exact) mass is 341 g/mol. The first-order chi connectivity index (χ1) is 8.16. The van der Waals surface area contributed by atoms with Gasteiger partial charge in [0.2, 0.25) is 5.91 Å². The zero-order chi connectivity index (χ0) is 12.3. The Morgan fingerprint density at radius 2 is 2.12 bits per heavy atom. The van der Waals surface area contributed by atoms with Crippen molar-refractivity contribution < 1.29 is 4.79 Å². The van der Waals surface area contributed by atoms with Gasteiger partial charge >= 0.3 is 0 Å². The molecule has 0 atom stereocenters. The van der Waals surface area contributed by atoms with Gasteiger partial charge in [-0.05, 0) is 46.9 Å². The summed E-state index contributed by atoms with van der Waals surface area (Å²) in [6.45, 7) is 0.308. The van der Waals surface area contributed by atoms with Gasteiger partial charge in [-0.15, -0.1) is 0 Å². The van der Waals surface area contributed by atoms with Crippen molar-refractivity contribution in [2.75, 3.05) is 11.9 Å². The summed E-state index contributed by atoms with van der Waals surface area (Å²) in [5, 5.41) is 0. The third-order valence-corrected chi connectivity index (χ3v) is 3.18. The number of carbonyl (C=O) groups is 1. The maximum absolute atomic E-state index is 12.0. The standard InChI is InChI=1S/C12H12IN3O/c1-15(11-4-2-10(13)3-5-11)12(17)8-16-7-6-14-9-16/h2-7,9H,8H2,1H3. The molecule has 0 saturated carbocycles. The molecular weight excluding hydrogens is 329 g/mol. The Kier molecular flexibility index (Phi) is 3.78. The second kappa shape index (κ2) is 5.31. The van der Waals surface area contributed by atoms with Gasteiger partial charge in [-0.1, -0.05) is 0 Å². The summed E-state index contributed by atoms with van der Waals surface area (Å²) in [5.74, 6) is 0.0317. The molecule has 17 heavy (non-hydrogen) atoms. The fourth-order valence-electron chi connectivity index (χ4n) is 1.45. The van der Waals surface area contributed by atoms with E-state index in [2.05, 4.69) is 27.6 Å². The van der Waals surface area contributed by atoms with Crippen molar-refractivity contribution in [3.63, 3.8) is 0 Å². The predicted octanol–water partition coefficient (Wildman–Crippen LogP) is 2.15. The highest BCUT2D eigenvalue weighted by atomic mass is 127. The SMILES string of the molecule is CN(C(=O)Cn1ccnc1)c1ccc(I)cc1. The van der Waals surface area contributed by atoms with Crippen LogP contribution >= 0.6 is 22.6 Å². The summed E-state index contributed by atoms with van der Waals surface area (Å²) in [7, 11) is 1.78. The van der Waals surface area contributed by atoms with E-state index in [1.807, 2.05) is 24.3 Å². The normalized spacial score (nSPS) is 10.2. The quantitative estimate of drug-likeness (QED) is 0.803. The molecule has 0 radical (unpaired) electrons. The molecule has 0 N–H and O–H groups in total. The van der Waals surface area contributed by atoms with Crippen LogP contribution in [0.2, 0.25) is 0 Å². The highest BCUT2D eigenvalue weighted by Crippen LogP contribution is 2.15. The van der Waals surface area contributed by atoms with E-state index in [1.54, 1.807) is 35.2 Å². The van der Waals surface area contributed by atoms with E-state index in [0.717, 1.165) is 9.26 Å². The molecule has 1 heterocycles. The Hall–Kier alpha value is -1.37. The molecule has 2 rings (SSSR count). The van der Waals surface area contributed by atoms with Crippen LogP contribution in [0.5, 0.6) is 0 Å². The van der Waals surface area contributed by atoms with Gasteiger partial charge in [-0.3, -0.25) is 4.79 Å². The zero-order valence-electron chi connectivity index (χ0n) is 9.38. The number of benzene rings is 1. The number of imidazole rings is 1. The number of hydrogen-bond donors (Lipinski definition) is 0. The van der Waals surface area contributed by atoms with Gasteiger partial charge in [0, 0.05) is 28.7 Å². The van der Waals surface area contributed by atoms with Crippen molar-refractivity contribution >= 4 is 34.2 Å². The van der Waals surface area contributed by atoms with E-state index in [0.29, 0.717) is 6.54 Å². The van der Waals surface area contributed by atoms with Crippen molar-refractivity contribution in [2.24, 2.45) is 0 Å². The molecule has 0 unspecified atom stereocenters. The topological polar surface area (TPSA) is 38.1 Å². The number of amides is 1. The molecule has 0 fully saturated rings. The van der Waals surface area contributed by atoms with Gasteiger partial charge < -0.3 is 9.47 Å². The Bertz CT molecular complexity index is 493. The zero-order valence-corrected chi connectivity index (χ0v) is 11.5. The highest BCUT2D eigenvalue weighted by Gasteiger charge is 2.10. The van der Waals surface area contributed by atoms with Gasteiger partial charge in [-0.25, -0.2) is 4.98 Å². The summed E-state index contributed by atoms with van der Waals surface area (Å²) >= 11 is 2.24. The lowest BCUT2D eigenvalue weighted by atomic mass is 10.3. The molecule has 0 saturated heterocycles. The van der Waals surface area contributed by atoms with E-state index in [1.165, 1.54) is 0 Å². The van der Waals surface area contributed by atoms with E-state index in [9.17, 15) is 4.79 Å². The fourth-order valence-corrected chi connectivity index (χ4v) is 1.81. The minimum Gasteiger partial charge on any atom is -0.328 e. The van der Waals surface area contributed by atoms with Crippen molar-refractivity contribution in [1.82, 2.24) is 9.55 Å². The lowest BCUT2D eigenvalue weighted by Gasteiger charge is -2.17. The molecule has 1 amide bonds. The summed E-state index contributed by atoms with van der Waals surface area (Å²) in [5.41, 5.74) is 0.899. The Balaban J connectivity index is 2.07. The predicted molar refractivity (Wildman–Crippen MR) is 74.8 cm³/mol. The van der Waals surface area contributed by atoms with E-state index >= 15 is 0 Å². The van der Waals surface area contributed by atoms with Crippen LogP contribution in [0.15, 0.2) is 43.0 Å². The minimum atomic E-state index is 0.0317. The van der Waals surface area contributed by atoms with Crippen LogP contribution in [-0.2, 0) is 11.3 Å². The molecule has 5 heteroatoms. The first kappa shape index (κ1) is 12.1. The summed E-state index contributed by atoms with van der Waals surface area (Å²) in [6, 6.07) is 7.84.